The van der Waals surface area contributed by atoms with Gasteiger partial charge >= 0.3 is 0 Å². The van der Waals surface area contributed by atoms with Gasteiger partial charge in [0.1, 0.15) is 5.75 Å². The van der Waals surface area contributed by atoms with E-state index in [1.807, 2.05) is 7.05 Å². The van der Waals surface area contributed by atoms with Gasteiger partial charge in [-0.3, -0.25) is 0 Å². The van der Waals surface area contributed by atoms with Crippen LogP contribution in [0.5, 0.6) is 5.75 Å². The molecular formula is C15H23NO2. The van der Waals surface area contributed by atoms with Crippen molar-refractivity contribution >= 4 is 0 Å². The molecule has 0 aliphatic carbocycles. The van der Waals surface area contributed by atoms with Crippen molar-refractivity contribution in [2.45, 2.75) is 38.3 Å². The van der Waals surface area contributed by atoms with E-state index in [0.29, 0.717) is 0 Å². The molecule has 0 radical (unpaired) electrons. The highest BCUT2D eigenvalue weighted by molar-refractivity contribution is 5.45. The standard InChI is InChI=1S/C15H23NO2/c1-15(2,17-4)10-13(16-3)12-7-5-6-11-8-9-18-14(11)12/h5-7,13,16H,8-10H2,1-4H3. The quantitative estimate of drug-likeness (QED) is 0.870. The van der Waals surface area contributed by atoms with Crippen LogP contribution < -0.4 is 10.1 Å². The predicted octanol–water partition coefficient (Wildman–Crippen LogP) is 2.70. The van der Waals surface area contributed by atoms with Crippen molar-refractivity contribution in [2.24, 2.45) is 0 Å². The van der Waals surface area contributed by atoms with Crippen molar-refractivity contribution in [2.75, 3.05) is 20.8 Å². The first kappa shape index (κ1) is 13.4. The van der Waals surface area contributed by atoms with Gasteiger partial charge in [-0.25, -0.2) is 0 Å². The Kier molecular flexibility index (Phi) is 3.93. The Labute approximate surface area is 109 Å². The van der Waals surface area contributed by atoms with Gasteiger partial charge in [-0.2, -0.15) is 0 Å². The number of para-hydroxylation sites is 1. The van der Waals surface area contributed by atoms with Crippen molar-refractivity contribution in [1.82, 2.24) is 5.32 Å². The lowest BCUT2D eigenvalue weighted by molar-refractivity contribution is 0.00728. The summed E-state index contributed by atoms with van der Waals surface area (Å²) in [7, 11) is 3.75. The fraction of sp³-hybridized carbons (Fsp3) is 0.600. The van der Waals surface area contributed by atoms with Gasteiger partial charge in [0.05, 0.1) is 12.2 Å². The van der Waals surface area contributed by atoms with Crippen molar-refractivity contribution in [3.63, 3.8) is 0 Å². The first-order chi connectivity index (χ1) is 8.57. The third kappa shape index (κ3) is 2.68. The molecule has 3 heteroatoms. The van der Waals surface area contributed by atoms with Crippen LogP contribution in [-0.4, -0.2) is 26.4 Å². The third-order valence-corrected chi connectivity index (χ3v) is 3.72. The molecule has 1 N–H and O–H groups in total. The smallest absolute Gasteiger partial charge is 0.127 e. The molecule has 1 unspecified atom stereocenters. The molecule has 1 aliphatic rings. The van der Waals surface area contributed by atoms with Gasteiger partial charge in [0.2, 0.25) is 0 Å². The molecule has 3 nitrogen and oxygen atoms in total. The van der Waals surface area contributed by atoms with E-state index in [4.69, 9.17) is 9.47 Å². The molecule has 0 aromatic heterocycles. The van der Waals surface area contributed by atoms with E-state index in [1.54, 1.807) is 7.11 Å². The van der Waals surface area contributed by atoms with Crippen LogP contribution in [-0.2, 0) is 11.2 Å². The molecule has 1 aromatic carbocycles. The van der Waals surface area contributed by atoms with Gasteiger partial charge in [-0.1, -0.05) is 18.2 Å². The Morgan fingerprint density at radius 1 is 1.44 bits per heavy atom. The first-order valence-electron chi connectivity index (χ1n) is 6.54. The molecule has 0 amide bonds. The van der Waals surface area contributed by atoms with Crippen LogP contribution in [0.25, 0.3) is 0 Å². The lowest BCUT2D eigenvalue weighted by atomic mass is 9.92. The lowest BCUT2D eigenvalue weighted by Crippen LogP contribution is -2.30. The van der Waals surface area contributed by atoms with Gasteiger partial charge in [-0.05, 0) is 32.9 Å². The van der Waals surface area contributed by atoms with Gasteiger partial charge in [0, 0.05) is 25.1 Å². The summed E-state index contributed by atoms with van der Waals surface area (Å²) in [4.78, 5) is 0. The van der Waals surface area contributed by atoms with Crippen molar-refractivity contribution in [1.29, 1.82) is 0 Å². The Bertz CT molecular complexity index is 415. The minimum atomic E-state index is -0.144. The molecule has 0 saturated heterocycles. The lowest BCUT2D eigenvalue weighted by Gasteiger charge is -2.29. The second-order valence-corrected chi connectivity index (χ2v) is 5.44. The maximum absolute atomic E-state index is 5.78. The Morgan fingerprint density at radius 3 is 2.89 bits per heavy atom. The summed E-state index contributed by atoms with van der Waals surface area (Å²) in [6.45, 7) is 5.03. The average Bonchev–Trinajstić information content (AvgIpc) is 2.84. The third-order valence-electron chi connectivity index (χ3n) is 3.72. The van der Waals surface area contributed by atoms with Crippen LogP contribution in [0.4, 0.5) is 0 Å². The Balaban J connectivity index is 2.26. The molecule has 0 bridgehead atoms. The van der Waals surface area contributed by atoms with E-state index in [2.05, 4.69) is 37.4 Å². The number of rotatable bonds is 5. The van der Waals surface area contributed by atoms with E-state index in [9.17, 15) is 0 Å². The zero-order chi connectivity index (χ0) is 13.2. The number of hydrogen-bond donors (Lipinski definition) is 1. The summed E-state index contributed by atoms with van der Waals surface area (Å²) in [5, 5.41) is 3.38. The second-order valence-electron chi connectivity index (χ2n) is 5.44. The Hall–Kier alpha value is -1.06. The van der Waals surface area contributed by atoms with Crippen LogP contribution >= 0.6 is 0 Å². The monoisotopic (exact) mass is 249 g/mol. The minimum absolute atomic E-state index is 0.144. The zero-order valence-electron chi connectivity index (χ0n) is 11.7. The summed E-state index contributed by atoms with van der Waals surface area (Å²) >= 11 is 0. The summed E-state index contributed by atoms with van der Waals surface area (Å²) in [6, 6.07) is 6.68. The fourth-order valence-corrected chi connectivity index (χ4v) is 2.46. The fourth-order valence-electron chi connectivity index (χ4n) is 2.46. The van der Waals surface area contributed by atoms with Crippen molar-refractivity contribution < 1.29 is 9.47 Å². The molecule has 18 heavy (non-hydrogen) atoms. The molecule has 1 heterocycles. The minimum Gasteiger partial charge on any atom is -0.493 e. The SMILES string of the molecule is CNC(CC(C)(C)OC)c1cccc2c1OCC2. The first-order valence-corrected chi connectivity index (χ1v) is 6.54. The van der Waals surface area contributed by atoms with Crippen molar-refractivity contribution in [3.05, 3.63) is 29.3 Å². The number of ether oxygens (including phenoxy) is 2. The molecule has 0 saturated carbocycles. The molecule has 2 rings (SSSR count). The molecule has 1 aliphatic heterocycles. The second kappa shape index (κ2) is 5.29. The van der Waals surface area contributed by atoms with Crippen LogP contribution in [0.1, 0.15) is 37.4 Å². The normalized spacial score (nSPS) is 16.2. The molecule has 0 fully saturated rings. The highest BCUT2D eigenvalue weighted by Gasteiger charge is 2.27. The van der Waals surface area contributed by atoms with Gasteiger partial charge in [-0.15, -0.1) is 0 Å². The summed E-state index contributed by atoms with van der Waals surface area (Å²) in [5.74, 6) is 1.07. The van der Waals surface area contributed by atoms with Gasteiger partial charge < -0.3 is 14.8 Å². The largest absolute Gasteiger partial charge is 0.493 e. The maximum atomic E-state index is 5.78. The van der Waals surface area contributed by atoms with Crippen LogP contribution in [0.3, 0.4) is 0 Å². The summed E-state index contributed by atoms with van der Waals surface area (Å²) in [6.07, 6.45) is 1.94. The molecule has 1 aromatic rings. The zero-order valence-corrected chi connectivity index (χ0v) is 11.7. The van der Waals surface area contributed by atoms with Crippen LogP contribution in [0, 0.1) is 0 Å². The van der Waals surface area contributed by atoms with Crippen molar-refractivity contribution in [3.8, 4) is 5.75 Å². The number of fused-ring (bicyclic) bond motifs is 1. The molecule has 100 valence electrons. The summed E-state index contributed by atoms with van der Waals surface area (Å²) in [5.41, 5.74) is 2.43. The van der Waals surface area contributed by atoms with Gasteiger partial charge in [0.25, 0.3) is 0 Å². The topological polar surface area (TPSA) is 30.5 Å². The Morgan fingerprint density at radius 2 is 2.22 bits per heavy atom. The highest BCUT2D eigenvalue weighted by atomic mass is 16.5. The highest BCUT2D eigenvalue weighted by Crippen LogP contribution is 2.36. The average molecular weight is 249 g/mol. The number of hydrogen-bond acceptors (Lipinski definition) is 3. The number of benzene rings is 1. The van der Waals surface area contributed by atoms with E-state index in [0.717, 1.165) is 25.2 Å². The van der Waals surface area contributed by atoms with E-state index in [1.165, 1.54) is 11.1 Å². The predicted molar refractivity (Wildman–Crippen MR) is 73.1 cm³/mol. The van der Waals surface area contributed by atoms with E-state index >= 15 is 0 Å². The number of nitrogens with one attached hydrogen (secondary N) is 1. The molecule has 1 atom stereocenters. The van der Waals surface area contributed by atoms with Crippen LogP contribution in [0.2, 0.25) is 0 Å². The maximum Gasteiger partial charge on any atom is 0.127 e. The van der Waals surface area contributed by atoms with E-state index in [-0.39, 0.29) is 11.6 Å². The number of methoxy groups -OCH3 is 1. The molecular weight excluding hydrogens is 226 g/mol. The van der Waals surface area contributed by atoms with Gasteiger partial charge in [0.15, 0.2) is 0 Å². The summed E-state index contributed by atoms with van der Waals surface area (Å²) < 4.78 is 11.3. The van der Waals surface area contributed by atoms with E-state index < -0.39 is 0 Å². The molecule has 0 spiro atoms. The van der Waals surface area contributed by atoms with Crippen LogP contribution in [0.15, 0.2) is 18.2 Å².